The molecule has 0 spiro atoms. The number of nitrogens with zero attached hydrogens (tertiary/aromatic N) is 4. The monoisotopic (exact) mass is 325 g/mol. The molecule has 5 nitrogen and oxygen atoms in total. The Labute approximate surface area is 153 Å². The number of halogens is 2. The topological polar surface area (TPSA) is 99.4 Å². The molecular formula is C13H6Cl2N5Na. The molecule has 0 amide bonds. The Morgan fingerprint density at radius 2 is 1.62 bits per heavy atom. The van der Waals surface area contributed by atoms with Crippen molar-refractivity contribution >= 4 is 29.0 Å². The van der Waals surface area contributed by atoms with E-state index >= 15 is 0 Å². The number of hydrogen-bond acceptors (Lipinski definition) is 5. The molecule has 0 radical (unpaired) electrons. The van der Waals surface area contributed by atoms with E-state index in [9.17, 15) is 0 Å². The van der Waals surface area contributed by atoms with Crippen LogP contribution in [0.1, 0.15) is 5.69 Å². The van der Waals surface area contributed by atoms with Crippen molar-refractivity contribution in [1.82, 2.24) is 9.97 Å². The van der Waals surface area contributed by atoms with Crippen molar-refractivity contribution < 1.29 is 29.6 Å². The predicted octanol–water partition coefficient (Wildman–Crippen LogP) is 0.00635. The molecular weight excluding hydrogens is 320 g/mol. The van der Waals surface area contributed by atoms with Crippen LogP contribution in [0.3, 0.4) is 0 Å². The molecule has 1 heterocycles. The third kappa shape index (κ3) is 3.79. The second-order valence-electron chi connectivity index (χ2n) is 3.70. The van der Waals surface area contributed by atoms with Crippen LogP contribution in [-0.4, -0.2) is 9.97 Å². The summed E-state index contributed by atoms with van der Waals surface area (Å²) in [5.41, 5.74) is 6.36. The fourth-order valence-electron chi connectivity index (χ4n) is 1.49. The summed E-state index contributed by atoms with van der Waals surface area (Å²) in [6.07, 6.45) is 0. The minimum atomic E-state index is -0.223. The van der Waals surface area contributed by atoms with Gasteiger partial charge in [-0.25, -0.2) is 15.5 Å². The number of nitriles is 2. The van der Waals surface area contributed by atoms with E-state index in [0.29, 0.717) is 10.6 Å². The van der Waals surface area contributed by atoms with Crippen molar-refractivity contribution in [2.45, 2.75) is 0 Å². The summed E-state index contributed by atoms with van der Waals surface area (Å²) in [6, 6.07) is 10.2. The largest absolute Gasteiger partial charge is 1.00 e. The molecule has 1 aromatic heterocycles. The van der Waals surface area contributed by atoms with Gasteiger partial charge in [0.15, 0.2) is 5.82 Å². The van der Waals surface area contributed by atoms with Crippen molar-refractivity contribution in [2.24, 2.45) is 0 Å². The maximum absolute atomic E-state index is 8.91. The Morgan fingerprint density at radius 1 is 1.05 bits per heavy atom. The molecule has 8 heteroatoms. The normalized spacial score (nSPS) is 9.14. The number of aromatic nitrogens is 2. The van der Waals surface area contributed by atoms with Gasteiger partial charge in [-0.15, -0.1) is 0 Å². The first-order valence-corrected chi connectivity index (χ1v) is 6.09. The number of anilines is 1. The van der Waals surface area contributed by atoms with Gasteiger partial charge < -0.3 is 5.73 Å². The van der Waals surface area contributed by atoms with Gasteiger partial charge in [0.25, 0.3) is 0 Å². The Hall–Kier alpha value is -1.47. The van der Waals surface area contributed by atoms with Gasteiger partial charge in [0, 0.05) is 28.6 Å². The minimum absolute atomic E-state index is 0. The van der Waals surface area contributed by atoms with Gasteiger partial charge in [0.05, 0.1) is 5.82 Å². The van der Waals surface area contributed by atoms with Crippen LogP contribution in [0.4, 0.5) is 5.82 Å². The third-order valence-electron chi connectivity index (χ3n) is 2.44. The summed E-state index contributed by atoms with van der Waals surface area (Å²) < 4.78 is 0. The molecule has 2 N–H and O–H groups in total. The number of nitrogens with two attached hydrogens (primary N) is 1. The van der Waals surface area contributed by atoms with E-state index in [-0.39, 0.29) is 57.8 Å². The van der Waals surface area contributed by atoms with Crippen LogP contribution >= 0.6 is 23.2 Å². The Morgan fingerprint density at radius 3 is 2.14 bits per heavy atom. The maximum atomic E-state index is 8.91. The predicted molar refractivity (Wildman–Crippen MR) is 75.5 cm³/mol. The van der Waals surface area contributed by atoms with Crippen LogP contribution in [0, 0.1) is 28.6 Å². The molecule has 0 unspecified atom stereocenters. The van der Waals surface area contributed by atoms with Crippen LogP contribution < -0.4 is 35.3 Å². The SMILES string of the molecule is N#C[C-](C#N)c1nc(-c2ccc(Cl)cc2)nc(N)c1Cl.[Na+]. The van der Waals surface area contributed by atoms with Crippen LogP contribution in [0.2, 0.25) is 10.0 Å². The van der Waals surface area contributed by atoms with Crippen molar-refractivity contribution in [2.75, 3.05) is 5.73 Å². The van der Waals surface area contributed by atoms with Gasteiger partial charge in [0.1, 0.15) is 0 Å². The molecule has 2 rings (SSSR count). The summed E-state index contributed by atoms with van der Waals surface area (Å²) >= 11 is 11.7. The molecule has 21 heavy (non-hydrogen) atoms. The zero-order valence-electron chi connectivity index (χ0n) is 10.9. The Kier molecular flexibility index (Phi) is 6.29. The van der Waals surface area contributed by atoms with E-state index in [0.717, 1.165) is 0 Å². The summed E-state index contributed by atoms with van der Waals surface area (Å²) in [6.45, 7) is 0. The quantitative estimate of drug-likeness (QED) is 0.619. The van der Waals surface area contributed by atoms with Crippen LogP contribution in [0.25, 0.3) is 11.4 Å². The first-order valence-electron chi connectivity index (χ1n) is 5.33. The molecule has 0 saturated heterocycles. The first-order chi connectivity index (χ1) is 9.56. The zero-order chi connectivity index (χ0) is 14.7. The minimum Gasteiger partial charge on any atom is -0.397 e. The summed E-state index contributed by atoms with van der Waals surface area (Å²) in [5.74, 6) is 0.0468. The van der Waals surface area contributed by atoms with Crippen molar-refractivity contribution in [3.8, 4) is 23.5 Å². The summed E-state index contributed by atoms with van der Waals surface area (Å²) in [7, 11) is 0. The van der Waals surface area contributed by atoms with Crippen LogP contribution in [-0.2, 0) is 0 Å². The second kappa shape index (κ2) is 7.51. The molecule has 0 bridgehead atoms. The van der Waals surface area contributed by atoms with E-state index in [2.05, 4.69) is 9.97 Å². The van der Waals surface area contributed by atoms with E-state index < -0.39 is 0 Å². The van der Waals surface area contributed by atoms with Gasteiger partial charge in [-0.2, -0.15) is 11.6 Å². The Bertz CT molecular complexity index is 720. The average Bonchev–Trinajstić information content (AvgIpc) is 2.45. The van der Waals surface area contributed by atoms with Crippen molar-refractivity contribution in [3.05, 3.63) is 45.9 Å². The molecule has 0 aliphatic rings. The van der Waals surface area contributed by atoms with Gasteiger partial charge in [-0.3, -0.25) is 4.98 Å². The standard InChI is InChI=1S/C13H6Cl2N5.Na/c14-9-3-1-7(2-4-9)13-19-11(8(5-16)6-17)10(15)12(18)20-13;/h1-4H,(H2,18,19,20);/q-1;+1. The summed E-state index contributed by atoms with van der Waals surface area (Å²) in [4.78, 5) is 8.17. The van der Waals surface area contributed by atoms with Crippen molar-refractivity contribution in [3.63, 3.8) is 0 Å². The zero-order valence-corrected chi connectivity index (χ0v) is 14.4. The average molecular weight is 326 g/mol. The smallest absolute Gasteiger partial charge is 0.397 e. The first kappa shape index (κ1) is 17.6. The second-order valence-corrected chi connectivity index (χ2v) is 4.51. The van der Waals surface area contributed by atoms with Crippen LogP contribution in [0.5, 0.6) is 0 Å². The third-order valence-corrected chi connectivity index (χ3v) is 3.06. The molecule has 0 atom stereocenters. The van der Waals surface area contributed by atoms with Crippen molar-refractivity contribution in [1.29, 1.82) is 10.5 Å². The Balaban J connectivity index is 0.00000220. The fraction of sp³-hybridized carbons (Fsp3) is 0. The van der Waals surface area contributed by atoms with Gasteiger partial charge in [-0.1, -0.05) is 11.6 Å². The molecule has 0 aliphatic heterocycles. The number of benzene rings is 1. The molecule has 0 aliphatic carbocycles. The molecule has 98 valence electrons. The molecule has 2 aromatic rings. The van der Waals surface area contributed by atoms with E-state index in [1.54, 1.807) is 36.4 Å². The van der Waals surface area contributed by atoms with Gasteiger partial charge in [-0.05, 0) is 35.0 Å². The van der Waals surface area contributed by atoms with Gasteiger partial charge >= 0.3 is 29.6 Å². The van der Waals surface area contributed by atoms with E-state index in [1.807, 2.05) is 0 Å². The maximum Gasteiger partial charge on any atom is 1.00 e. The van der Waals surface area contributed by atoms with E-state index in [4.69, 9.17) is 39.5 Å². The summed E-state index contributed by atoms with van der Waals surface area (Å²) in [5, 5.41) is 18.4. The number of rotatable bonds is 2. The van der Waals surface area contributed by atoms with Gasteiger partial charge in [0.2, 0.25) is 0 Å². The molecule has 1 aromatic carbocycles. The van der Waals surface area contributed by atoms with Crippen LogP contribution in [0.15, 0.2) is 24.3 Å². The molecule has 0 saturated carbocycles. The number of hydrogen-bond donors (Lipinski definition) is 1. The number of nitrogen functional groups attached to an aromatic ring is 1. The fourth-order valence-corrected chi connectivity index (χ4v) is 1.79. The molecule has 0 fully saturated rings. The van der Waals surface area contributed by atoms with E-state index in [1.165, 1.54) is 0 Å².